The molecule has 0 aliphatic heterocycles. The maximum atomic E-state index is 5.49. The Morgan fingerprint density at radius 1 is 1.35 bits per heavy atom. The van der Waals surface area contributed by atoms with Crippen LogP contribution in [0.2, 0.25) is 0 Å². The fraction of sp³-hybridized carbons (Fsp3) is 0.769. The lowest BCUT2D eigenvalue weighted by Crippen LogP contribution is -2.21. The first-order valence-electron chi connectivity index (χ1n) is 6.59. The zero-order valence-corrected chi connectivity index (χ0v) is 11.3. The normalized spacial score (nSPS) is 11.0. The van der Waals surface area contributed by atoms with E-state index < -0.39 is 0 Å². The van der Waals surface area contributed by atoms with Crippen molar-refractivity contribution in [3.63, 3.8) is 0 Å². The summed E-state index contributed by atoms with van der Waals surface area (Å²) < 4.78 is 7.53. The van der Waals surface area contributed by atoms with Gasteiger partial charge in [0, 0.05) is 26.2 Å². The van der Waals surface area contributed by atoms with E-state index in [2.05, 4.69) is 30.3 Å². The molecule has 0 fully saturated rings. The molecule has 17 heavy (non-hydrogen) atoms. The van der Waals surface area contributed by atoms with Crippen LogP contribution in [0, 0.1) is 6.92 Å². The summed E-state index contributed by atoms with van der Waals surface area (Å²) in [6.07, 6.45) is 2.35. The molecule has 1 aromatic heterocycles. The number of hydrogen-bond acceptors (Lipinski definition) is 3. The summed E-state index contributed by atoms with van der Waals surface area (Å²) in [5.74, 6) is 0. The predicted octanol–water partition coefficient (Wildman–Crippen LogP) is 2.12. The van der Waals surface area contributed by atoms with Crippen LogP contribution in [0.5, 0.6) is 0 Å². The molecule has 0 aliphatic rings. The third kappa shape index (κ3) is 5.33. The quantitative estimate of drug-likeness (QED) is 0.671. The highest BCUT2D eigenvalue weighted by Gasteiger charge is 2.02. The Kier molecular flexibility index (Phi) is 6.89. The molecular weight excluding hydrogens is 214 g/mol. The van der Waals surface area contributed by atoms with E-state index in [1.807, 2.05) is 11.6 Å². The van der Waals surface area contributed by atoms with Gasteiger partial charge in [0.05, 0.1) is 18.0 Å². The van der Waals surface area contributed by atoms with E-state index >= 15 is 0 Å². The van der Waals surface area contributed by atoms with Crippen molar-refractivity contribution in [1.29, 1.82) is 0 Å². The molecule has 0 bridgehead atoms. The molecule has 0 spiro atoms. The van der Waals surface area contributed by atoms with Crippen LogP contribution >= 0.6 is 0 Å². The van der Waals surface area contributed by atoms with Crippen molar-refractivity contribution in [2.24, 2.45) is 0 Å². The van der Waals surface area contributed by atoms with E-state index in [4.69, 9.17) is 4.74 Å². The lowest BCUT2D eigenvalue weighted by Gasteiger charge is -2.07. The molecule has 0 aromatic carbocycles. The Morgan fingerprint density at radius 2 is 2.18 bits per heavy atom. The van der Waals surface area contributed by atoms with Gasteiger partial charge in [0.2, 0.25) is 0 Å². The highest BCUT2D eigenvalue weighted by atomic mass is 16.5. The lowest BCUT2D eigenvalue weighted by molar-refractivity contribution is 0.132. The first-order chi connectivity index (χ1) is 8.27. The largest absolute Gasteiger partial charge is 0.380 e. The number of ether oxygens (including phenoxy) is 1. The number of rotatable bonds is 9. The van der Waals surface area contributed by atoms with Gasteiger partial charge in [0.25, 0.3) is 0 Å². The Labute approximate surface area is 104 Å². The average molecular weight is 239 g/mol. The van der Waals surface area contributed by atoms with Crippen molar-refractivity contribution in [3.8, 4) is 0 Å². The van der Waals surface area contributed by atoms with Crippen LogP contribution < -0.4 is 5.32 Å². The first kappa shape index (κ1) is 14.2. The van der Waals surface area contributed by atoms with Crippen molar-refractivity contribution in [2.75, 3.05) is 19.8 Å². The second-order valence-electron chi connectivity index (χ2n) is 4.24. The van der Waals surface area contributed by atoms with E-state index in [0.717, 1.165) is 45.0 Å². The first-order valence-corrected chi connectivity index (χ1v) is 6.59. The summed E-state index contributed by atoms with van der Waals surface area (Å²) in [6, 6.07) is 2.13. The summed E-state index contributed by atoms with van der Waals surface area (Å²) in [5, 5.41) is 7.79. The van der Waals surface area contributed by atoms with Crippen LogP contribution in [0.15, 0.2) is 6.07 Å². The fourth-order valence-corrected chi connectivity index (χ4v) is 1.72. The van der Waals surface area contributed by atoms with Crippen LogP contribution in [0.4, 0.5) is 0 Å². The van der Waals surface area contributed by atoms with Crippen LogP contribution in [0.1, 0.15) is 38.1 Å². The SMILES string of the molecule is CCCCOCCNCc1cc(C)nn1CC. The summed E-state index contributed by atoms with van der Waals surface area (Å²) >= 11 is 0. The van der Waals surface area contributed by atoms with Crippen molar-refractivity contribution < 1.29 is 4.74 Å². The van der Waals surface area contributed by atoms with Gasteiger partial charge in [-0.05, 0) is 26.3 Å². The second kappa shape index (κ2) is 8.25. The molecule has 1 N–H and O–H groups in total. The molecule has 0 saturated heterocycles. The summed E-state index contributed by atoms with van der Waals surface area (Å²) in [7, 11) is 0. The molecule has 0 atom stereocenters. The van der Waals surface area contributed by atoms with Gasteiger partial charge in [0.1, 0.15) is 0 Å². The second-order valence-corrected chi connectivity index (χ2v) is 4.24. The molecule has 0 radical (unpaired) electrons. The van der Waals surface area contributed by atoms with Crippen molar-refractivity contribution in [3.05, 3.63) is 17.5 Å². The van der Waals surface area contributed by atoms with Gasteiger partial charge >= 0.3 is 0 Å². The number of hydrogen-bond donors (Lipinski definition) is 1. The molecule has 0 unspecified atom stereocenters. The Bertz CT molecular complexity index is 310. The van der Waals surface area contributed by atoms with Gasteiger partial charge in [-0.2, -0.15) is 5.10 Å². The van der Waals surface area contributed by atoms with Gasteiger partial charge in [-0.25, -0.2) is 0 Å². The number of aryl methyl sites for hydroxylation is 2. The van der Waals surface area contributed by atoms with E-state index in [0.29, 0.717) is 0 Å². The highest BCUT2D eigenvalue weighted by molar-refractivity contribution is 5.08. The van der Waals surface area contributed by atoms with Gasteiger partial charge in [-0.1, -0.05) is 13.3 Å². The minimum Gasteiger partial charge on any atom is -0.380 e. The van der Waals surface area contributed by atoms with Gasteiger partial charge in [0.15, 0.2) is 0 Å². The van der Waals surface area contributed by atoms with Crippen molar-refractivity contribution in [1.82, 2.24) is 15.1 Å². The molecule has 1 aromatic rings. The molecule has 98 valence electrons. The van der Waals surface area contributed by atoms with Crippen LogP contribution in [0.25, 0.3) is 0 Å². The Morgan fingerprint density at radius 3 is 2.88 bits per heavy atom. The van der Waals surface area contributed by atoms with Crippen LogP contribution in [-0.4, -0.2) is 29.5 Å². The third-order valence-electron chi connectivity index (χ3n) is 2.66. The average Bonchev–Trinajstić information content (AvgIpc) is 2.68. The van der Waals surface area contributed by atoms with E-state index in [9.17, 15) is 0 Å². The minimum absolute atomic E-state index is 0.791. The number of nitrogens with one attached hydrogen (secondary N) is 1. The number of nitrogens with zero attached hydrogens (tertiary/aromatic N) is 2. The zero-order chi connectivity index (χ0) is 12.5. The standard InChI is InChI=1S/C13H25N3O/c1-4-6-8-17-9-7-14-11-13-10-12(3)15-16(13)5-2/h10,14H,4-9,11H2,1-3H3. The van der Waals surface area contributed by atoms with E-state index in [1.54, 1.807) is 0 Å². The molecule has 0 aliphatic carbocycles. The third-order valence-corrected chi connectivity index (χ3v) is 2.66. The predicted molar refractivity (Wildman–Crippen MR) is 70.1 cm³/mol. The molecule has 1 heterocycles. The Balaban J connectivity index is 2.13. The molecule has 0 saturated carbocycles. The van der Waals surface area contributed by atoms with Crippen LogP contribution in [-0.2, 0) is 17.8 Å². The number of aromatic nitrogens is 2. The van der Waals surface area contributed by atoms with Crippen LogP contribution in [0.3, 0.4) is 0 Å². The summed E-state index contributed by atoms with van der Waals surface area (Å²) in [5.41, 5.74) is 2.33. The van der Waals surface area contributed by atoms with Crippen molar-refractivity contribution in [2.45, 2.75) is 46.7 Å². The maximum absolute atomic E-state index is 5.49. The monoisotopic (exact) mass is 239 g/mol. The number of unbranched alkanes of at least 4 members (excludes halogenated alkanes) is 1. The smallest absolute Gasteiger partial charge is 0.0597 e. The molecular formula is C13H25N3O. The minimum atomic E-state index is 0.791. The topological polar surface area (TPSA) is 39.1 Å². The lowest BCUT2D eigenvalue weighted by atomic mass is 10.3. The fourth-order valence-electron chi connectivity index (χ4n) is 1.72. The summed E-state index contributed by atoms with van der Waals surface area (Å²) in [6.45, 7) is 10.7. The van der Waals surface area contributed by atoms with E-state index in [1.165, 1.54) is 12.1 Å². The molecule has 0 amide bonds. The zero-order valence-electron chi connectivity index (χ0n) is 11.3. The van der Waals surface area contributed by atoms with Gasteiger partial charge < -0.3 is 10.1 Å². The van der Waals surface area contributed by atoms with Gasteiger partial charge in [-0.3, -0.25) is 4.68 Å². The summed E-state index contributed by atoms with van der Waals surface area (Å²) in [4.78, 5) is 0. The molecule has 4 heteroatoms. The molecule has 1 rings (SSSR count). The van der Waals surface area contributed by atoms with Gasteiger partial charge in [-0.15, -0.1) is 0 Å². The Hall–Kier alpha value is -0.870. The molecule has 4 nitrogen and oxygen atoms in total. The highest BCUT2D eigenvalue weighted by Crippen LogP contribution is 2.02. The maximum Gasteiger partial charge on any atom is 0.0597 e. The van der Waals surface area contributed by atoms with Crippen molar-refractivity contribution >= 4 is 0 Å². The van der Waals surface area contributed by atoms with E-state index in [-0.39, 0.29) is 0 Å².